The van der Waals surface area contributed by atoms with E-state index in [4.69, 9.17) is 10.5 Å². The van der Waals surface area contributed by atoms with E-state index in [1.54, 1.807) is 19.1 Å². The largest absolute Gasteiger partial charge is 0.442 e. The normalized spacial score (nSPS) is 20.2. The van der Waals surface area contributed by atoms with E-state index in [2.05, 4.69) is 5.32 Å². The van der Waals surface area contributed by atoms with E-state index in [0.717, 1.165) is 4.90 Å². The quantitative estimate of drug-likeness (QED) is 0.423. The lowest BCUT2D eigenvalue weighted by Crippen LogP contribution is -2.57. The molecule has 1 aromatic carbocycles. The first kappa shape index (κ1) is 23.1. The molecule has 11 nitrogen and oxygen atoms in total. The van der Waals surface area contributed by atoms with Gasteiger partial charge >= 0.3 is 5.97 Å². The summed E-state index contributed by atoms with van der Waals surface area (Å²) in [7, 11) is 0. The van der Waals surface area contributed by atoms with Gasteiger partial charge in [0.25, 0.3) is 17.7 Å². The van der Waals surface area contributed by atoms with Crippen molar-refractivity contribution in [2.24, 2.45) is 5.73 Å². The number of imide groups is 2. The van der Waals surface area contributed by atoms with Gasteiger partial charge < -0.3 is 15.8 Å². The van der Waals surface area contributed by atoms with Crippen LogP contribution in [0.4, 0.5) is 0 Å². The van der Waals surface area contributed by atoms with Gasteiger partial charge in [-0.2, -0.15) is 0 Å². The van der Waals surface area contributed by atoms with E-state index >= 15 is 0 Å². The predicted molar refractivity (Wildman–Crippen MR) is 109 cm³/mol. The highest BCUT2D eigenvalue weighted by Crippen LogP contribution is 2.29. The zero-order valence-corrected chi connectivity index (χ0v) is 17.7. The van der Waals surface area contributed by atoms with Gasteiger partial charge in [0, 0.05) is 6.42 Å². The molecule has 1 fully saturated rings. The highest BCUT2D eigenvalue weighted by atomic mass is 16.5. The third-order valence-electron chi connectivity index (χ3n) is 5.38. The Morgan fingerprint density at radius 3 is 2.28 bits per heavy atom. The van der Waals surface area contributed by atoms with Crippen LogP contribution in [-0.4, -0.2) is 70.2 Å². The number of benzene rings is 1. The van der Waals surface area contributed by atoms with Crippen molar-refractivity contribution in [3.63, 3.8) is 0 Å². The van der Waals surface area contributed by atoms with Crippen molar-refractivity contribution in [2.45, 2.75) is 51.2 Å². The third-order valence-corrected chi connectivity index (χ3v) is 5.38. The topological polar surface area (TPSA) is 156 Å². The monoisotopic (exact) mass is 444 g/mol. The summed E-state index contributed by atoms with van der Waals surface area (Å²) < 4.78 is 5.08. The first-order valence-electron chi connectivity index (χ1n) is 10.2. The van der Waals surface area contributed by atoms with E-state index in [9.17, 15) is 28.8 Å². The Labute approximate surface area is 183 Å². The Morgan fingerprint density at radius 1 is 1.16 bits per heavy atom. The van der Waals surface area contributed by atoms with Crippen LogP contribution in [0.1, 0.15) is 53.8 Å². The van der Waals surface area contributed by atoms with Crippen LogP contribution < -0.4 is 11.1 Å². The van der Waals surface area contributed by atoms with Crippen LogP contribution >= 0.6 is 0 Å². The van der Waals surface area contributed by atoms with Crippen LogP contribution in [0.5, 0.6) is 0 Å². The van der Waals surface area contributed by atoms with Gasteiger partial charge in [-0.05, 0) is 31.9 Å². The second-order valence-electron chi connectivity index (χ2n) is 7.59. The maximum Gasteiger partial charge on any atom is 0.330 e. The summed E-state index contributed by atoms with van der Waals surface area (Å²) in [6, 6.07) is 3.19. The van der Waals surface area contributed by atoms with Gasteiger partial charge in [-0.15, -0.1) is 0 Å². The van der Waals surface area contributed by atoms with Crippen LogP contribution in [0.25, 0.3) is 0 Å². The summed E-state index contributed by atoms with van der Waals surface area (Å²) in [6.07, 6.45) is 0.0758. The van der Waals surface area contributed by atoms with Crippen molar-refractivity contribution >= 4 is 35.5 Å². The van der Waals surface area contributed by atoms with Gasteiger partial charge in [0.1, 0.15) is 12.1 Å². The lowest BCUT2D eigenvalue weighted by atomic mass is 10.0. The van der Waals surface area contributed by atoms with Crippen LogP contribution in [0, 0.1) is 0 Å². The molecule has 2 aliphatic heterocycles. The van der Waals surface area contributed by atoms with Crippen molar-refractivity contribution in [2.75, 3.05) is 6.73 Å². The molecular weight excluding hydrogens is 420 g/mol. The molecule has 1 unspecified atom stereocenters. The SMILES string of the molecule is CC[C@H](NC(=O)C(C)N)C(=O)OCN1C(=O)CC[C@H](N2C(=O)c3ccccc3C2=O)C1=O. The van der Waals surface area contributed by atoms with Crippen molar-refractivity contribution < 1.29 is 33.5 Å². The van der Waals surface area contributed by atoms with Gasteiger partial charge in [-0.3, -0.25) is 28.9 Å². The van der Waals surface area contributed by atoms with Crippen LogP contribution in [-0.2, 0) is 23.9 Å². The number of rotatable bonds is 7. The Hall–Kier alpha value is -3.60. The molecule has 0 aromatic heterocycles. The maximum absolute atomic E-state index is 13.0. The molecule has 0 spiro atoms. The Morgan fingerprint density at radius 2 is 1.75 bits per heavy atom. The third kappa shape index (κ3) is 4.24. The summed E-state index contributed by atoms with van der Waals surface area (Å²) in [4.78, 5) is 76.3. The van der Waals surface area contributed by atoms with E-state index in [1.165, 1.54) is 19.1 Å². The smallest absolute Gasteiger partial charge is 0.330 e. The number of piperidine rings is 1. The van der Waals surface area contributed by atoms with Gasteiger partial charge in [-0.25, -0.2) is 9.69 Å². The van der Waals surface area contributed by atoms with Gasteiger partial charge in [0.2, 0.25) is 11.8 Å². The number of hydrogen-bond donors (Lipinski definition) is 2. The van der Waals surface area contributed by atoms with Crippen LogP contribution in [0.2, 0.25) is 0 Å². The second-order valence-corrected chi connectivity index (χ2v) is 7.59. The fourth-order valence-electron chi connectivity index (χ4n) is 3.55. The van der Waals surface area contributed by atoms with E-state index < -0.39 is 60.4 Å². The molecule has 2 aliphatic rings. The molecule has 1 aromatic rings. The Kier molecular flexibility index (Phi) is 6.68. The number of amides is 5. The van der Waals surface area contributed by atoms with Crippen molar-refractivity contribution in [3.05, 3.63) is 35.4 Å². The number of carbonyl (C=O) groups is 6. The number of esters is 1. The molecule has 0 aliphatic carbocycles. The predicted octanol–water partition coefficient (Wildman–Crippen LogP) is -0.457. The number of nitrogens with one attached hydrogen (secondary N) is 1. The molecule has 3 N–H and O–H groups in total. The molecule has 170 valence electrons. The highest BCUT2D eigenvalue weighted by molar-refractivity contribution is 6.23. The lowest BCUT2D eigenvalue weighted by Gasteiger charge is -2.34. The first-order valence-corrected chi connectivity index (χ1v) is 10.2. The summed E-state index contributed by atoms with van der Waals surface area (Å²) >= 11 is 0. The molecular formula is C21H24N4O7. The summed E-state index contributed by atoms with van der Waals surface area (Å²) in [5, 5.41) is 2.43. The minimum atomic E-state index is -1.18. The Bertz CT molecular complexity index is 955. The lowest BCUT2D eigenvalue weighted by molar-refractivity contribution is -0.165. The van der Waals surface area contributed by atoms with E-state index in [-0.39, 0.29) is 30.4 Å². The molecule has 1 saturated heterocycles. The molecule has 3 atom stereocenters. The molecule has 32 heavy (non-hydrogen) atoms. The number of hydrogen-bond acceptors (Lipinski definition) is 8. The zero-order chi connectivity index (χ0) is 23.6. The molecule has 3 rings (SSSR count). The van der Waals surface area contributed by atoms with E-state index in [1.807, 2.05) is 0 Å². The standard InChI is InChI=1S/C21H24N4O7/c1-3-14(23-17(27)11(2)22)21(31)32-10-24-16(26)9-8-15(20(24)30)25-18(28)12-6-4-5-7-13(12)19(25)29/h4-7,11,14-15H,3,8-10,22H2,1-2H3,(H,23,27)/t11?,14-,15-/m0/s1. The number of nitrogens with two attached hydrogens (primary N) is 1. The number of fused-ring (bicyclic) bond motifs is 1. The minimum Gasteiger partial charge on any atom is -0.442 e. The fourth-order valence-corrected chi connectivity index (χ4v) is 3.55. The maximum atomic E-state index is 13.0. The minimum absolute atomic E-state index is 0.0182. The van der Waals surface area contributed by atoms with E-state index in [0.29, 0.717) is 4.90 Å². The van der Waals surface area contributed by atoms with Gasteiger partial charge in [0.05, 0.1) is 17.2 Å². The van der Waals surface area contributed by atoms with Crippen LogP contribution in [0.15, 0.2) is 24.3 Å². The average Bonchev–Trinajstić information content (AvgIpc) is 3.02. The number of ether oxygens (including phenoxy) is 1. The first-order chi connectivity index (χ1) is 15.2. The van der Waals surface area contributed by atoms with Crippen molar-refractivity contribution in [1.29, 1.82) is 0 Å². The fraction of sp³-hybridized carbons (Fsp3) is 0.429. The van der Waals surface area contributed by atoms with Gasteiger partial charge in [0.15, 0.2) is 6.73 Å². The molecule has 5 amide bonds. The molecule has 2 heterocycles. The van der Waals surface area contributed by atoms with Crippen molar-refractivity contribution in [1.82, 2.24) is 15.1 Å². The number of carbonyl (C=O) groups excluding carboxylic acids is 6. The van der Waals surface area contributed by atoms with Crippen LogP contribution in [0.3, 0.4) is 0 Å². The number of likely N-dealkylation sites (tertiary alicyclic amines) is 1. The van der Waals surface area contributed by atoms with Gasteiger partial charge in [-0.1, -0.05) is 19.1 Å². The second kappa shape index (κ2) is 9.27. The molecule has 0 bridgehead atoms. The highest BCUT2D eigenvalue weighted by Gasteiger charge is 2.47. The summed E-state index contributed by atoms with van der Waals surface area (Å²) in [5.41, 5.74) is 5.86. The molecule has 0 saturated carbocycles. The summed E-state index contributed by atoms with van der Waals surface area (Å²) in [5.74, 6) is -4.02. The Balaban J connectivity index is 1.69. The molecule has 11 heteroatoms. The molecule has 0 radical (unpaired) electrons. The summed E-state index contributed by atoms with van der Waals surface area (Å²) in [6.45, 7) is 2.40. The van der Waals surface area contributed by atoms with Crippen molar-refractivity contribution in [3.8, 4) is 0 Å². The average molecular weight is 444 g/mol. The number of nitrogens with zero attached hydrogens (tertiary/aromatic N) is 2. The zero-order valence-electron chi connectivity index (χ0n) is 17.7.